The molecular formula is C11H20Cl2N2O3. The summed E-state index contributed by atoms with van der Waals surface area (Å²) in [5, 5.41) is 5.98. The highest BCUT2D eigenvalue weighted by molar-refractivity contribution is 6.28. The van der Waals surface area contributed by atoms with Crippen LogP contribution in [0.15, 0.2) is 5.16 Å². The predicted octanol–water partition coefficient (Wildman–Crippen LogP) is 3.45. The number of alkyl carbamates (subject to hydrolysis) is 1. The molecule has 0 saturated carbocycles. The molecule has 1 unspecified atom stereocenters. The fourth-order valence-electron chi connectivity index (χ4n) is 1.08. The smallest absolute Gasteiger partial charge is 0.393 e. The Bertz CT molecular complexity index is 261. The number of carbonyl (C=O) groups is 1. The van der Waals surface area contributed by atoms with Crippen LogP contribution in [-0.2, 0) is 9.57 Å². The lowest BCUT2D eigenvalue weighted by Crippen LogP contribution is -2.31. The van der Waals surface area contributed by atoms with E-state index >= 15 is 0 Å². The molecule has 1 atom stereocenters. The average molecular weight is 299 g/mol. The van der Waals surface area contributed by atoms with Gasteiger partial charge in [-0.2, -0.15) is 0 Å². The van der Waals surface area contributed by atoms with E-state index in [-0.39, 0.29) is 11.8 Å². The first-order chi connectivity index (χ1) is 8.60. The monoisotopic (exact) mass is 298 g/mol. The SMILES string of the molecule is CCCCCCO/N=C(/CCl)OC(=O)NC(C)Cl. The van der Waals surface area contributed by atoms with E-state index in [0.29, 0.717) is 6.61 Å². The highest BCUT2D eigenvalue weighted by Gasteiger charge is 2.09. The second kappa shape index (κ2) is 11.4. The molecule has 0 aliphatic rings. The number of carbonyl (C=O) groups excluding carboxylic acids is 1. The fourth-order valence-corrected chi connectivity index (χ4v) is 1.27. The molecule has 106 valence electrons. The number of rotatable bonds is 8. The fraction of sp³-hybridized carbons (Fsp3) is 0.818. The first kappa shape index (κ1) is 17.3. The minimum absolute atomic E-state index is 0.0157. The number of ether oxygens (including phenoxy) is 1. The van der Waals surface area contributed by atoms with Gasteiger partial charge in [-0.05, 0) is 19.8 Å². The number of nitrogens with zero attached hydrogens (tertiary/aromatic N) is 1. The van der Waals surface area contributed by atoms with Crippen LogP contribution >= 0.6 is 23.2 Å². The lowest BCUT2D eigenvalue weighted by molar-refractivity contribution is 0.129. The van der Waals surface area contributed by atoms with Crippen molar-refractivity contribution in [3.8, 4) is 0 Å². The van der Waals surface area contributed by atoms with Crippen molar-refractivity contribution < 1.29 is 14.4 Å². The summed E-state index contributed by atoms with van der Waals surface area (Å²) in [7, 11) is 0. The Kier molecular flexibility index (Phi) is 11.0. The van der Waals surface area contributed by atoms with Crippen LogP contribution in [-0.4, -0.2) is 30.0 Å². The zero-order valence-electron chi connectivity index (χ0n) is 10.7. The summed E-state index contributed by atoms with van der Waals surface area (Å²) in [5.74, 6) is -0.0269. The summed E-state index contributed by atoms with van der Waals surface area (Å²) in [4.78, 5) is 16.2. The number of oxime groups is 1. The molecule has 1 N–H and O–H groups in total. The Morgan fingerprint density at radius 3 is 2.67 bits per heavy atom. The summed E-state index contributed by atoms with van der Waals surface area (Å²) in [6.45, 7) is 4.22. The normalized spacial score (nSPS) is 13.0. The lowest BCUT2D eigenvalue weighted by atomic mass is 10.2. The van der Waals surface area contributed by atoms with Gasteiger partial charge in [-0.1, -0.05) is 36.5 Å². The standard InChI is InChI=1S/C11H20Cl2N2O3/c1-3-4-5-6-7-17-15-10(8-12)18-11(16)14-9(2)13/h9H,3-8H2,1-2H3,(H,14,16)/b15-10-. The molecule has 0 saturated heterocycles. The predicted molar refractivity (Wildman–Crippen MR) is 73.2 cm³/mol. The molecule has 0 rings (SSSR count). The Balaban J connectivity index is 3.82. The third-order valence-corrected chi connectivity index (χ3v) is 2.23. The molecule has 0 aromatic carbocycles. The summed E-state index contributed by atoms with van der Waals surface area (Å²) >= 11 is 11.1. The van der Waals surface area contributed by atoms with Crippen LogP contribution in [0.3, 0.4) is 0 Å². The number of amides is 1. The highest BCUT2D eigenvalue weighted by atomic mass is 35.5. The van der Waals surface area contributed by atoms with Crippen molar-refractivity contribution in [1.82, 2.24) is 5.32 Å². The van der Waals surface area contributed by atoms with Crippen LogP contribution in [0.5, 0.6) is 0 Å². The van der Waals surface area contributed by atoms with Crippen molar-refractivity contribution in [2.45, 2.75) is 45.0 Å². The minimum Gasteiger partial charge on any atom is -0.393 e. The van der Waals surface area contributed by atoms with E-state index < -0.39 is 11.6 Å². The van der Waals surface area contributed by atoms with E-state index in [1.54, 1.807) is 6.92 Å². The van der Waals surface area contributed by atoms with Gasteiger partial charge < -0.3 is 14.9 Å². The molecule has 0 aromatic rings. The third kappa shape index (κ3) is 10.5. The van der Waals surface area contributed by atoms with Gasteiger partial charge in [0.15, 0.2) is 0 Å². The summed E-state index contributed by atoms with van der Waals surface area (Å²) < 4.78 is 4.80. The number of hydrogen-bond acceptors (Lipinski definition) is 4. The summed E-state index contributed by atoms with van der Waals surface area (Å²) in [6, 6.07) is 0. The van der Waals surface area contributed by atoms with Gasteiger partial charge >= 0.3 is 6.09 Å². The van der Waals surface area contributed by atoms with E-state index in [1.165, 1.54) is 6.42 Å². The molecule has 0 aliphatic carbocycles. The maximum atomic E-state index is 11.2. The molecule has 7 heteroatoms. The van der Waals surface area contributed by atoms with Crippen molar-refractivity contribution in [3.05, 3.63) is 0 Å². The first-order valence-electron chi connectivity index (χ1n) is 5.97. The van der Waals surface area contributed by atoms with E-state index in [1.807, 2.05) is 0 Å². The molecule has 0 bridgehead atoms. The van der Waals surface area contributed by atoms with Gasteiger partial charge in [0.05, 0.1) is 0 Å². The molecule has 0 fully saturated rings. The van der Waals surface area contributed by atoms with E-state index in [9.17, 15) is 4.79 Å². The number of hydrogen-bond donors (Lipinski definition) is 1. The Hall–Kier alpha value is -0.680. The van der Waals surface area contributed by atoms with Gasteiger partial charge in [0.1, 0.15) is 18.0 Å². The van der Waals surface area contributed by atoms with Crippen LogP contribution in [0, 0.1) is 0 Å². The molecule has 0 aromatic heterocycles. The second-order valence-corrected chi connectivity index (χ2v) is 4.58. The molecular weight excluding hydrogens is 279 g/mol. The van der Waals surface area contributed by atoms with Crippen LogP contribution in [0.25, 0.3) is 0 Å². The van der Waals surface area contributed by atoms with Crippen LogP contribution in [0.1, 0.15) is 39.5 Å². The van der Waals surface area contributed by atoms with Gasteiger partial charge in [-0.25, -0.2) is 4.79 Å². The van der Waals surface area contributed by atoms with E-state index in [0.717, 1.165) is 19.3 Å². The Labute approximate surface area is 118 Å². The summed E-state index contributed by atoms with van der Waals surface area (Å²) in [6.07, 6.45) is 3.63. The Morgan fingerprint density at radius 2 is 2.11 bits per heavy atom. The van der Waals surface area contributed by atoms with Gasteiger partial charge in [0.25, 0.3) is 5.90 Å². The van der Waals surface area contributed by atoms with Gasteiger partial charge in [-0.3, -0.25) is 0 Å². The van der Waals surface area contributed by atoms with Crippen molar-refractivity contribution in [2.24, 2.45) is 5.16 Å². The quantitative estimate of drug-likeness (QED) is 0.186. The number of unbranched alkanes of at least 4 members (excludes halogenated alkanes) is 3. The molecule has 0 aliphatic heterocycles. The zero-order chi connectivity index (χ0) is 13.8. The van der Waals surface area contributed by atoms with Crippen molar-refractivity contribution in [2.75, 3.05) is 12.5 Å². The Morgan fingerprint density at radius 1 is 1.39 bits per heavy atom. The largest absolute Gasteiger partial charge is 0.414 e. The maximum Gasteiger partial charge on any atom is 0.414 e. The number of nitrogens with one attached hydrogen (secondary N) is 1. The van der Waals surface area contributed by atoms with Gasteiger partial charge in [0, 0.05) is 0 Å². The van der Waals surface area contributed by atoms with Crippen molar-refractivity contribution in [3.63, 3.8) is 0 Å². The van der Waals surface area contributed by atoms with Crippen molar-refractivity contribution in [1.29, 1.82) is 0 Å². The minimum atomic E-state index is -0.702. The van der Waals surface area contributed by atoms with Crippen molar-refractivity contribution >= 4 is 35.2 Å². The van der Waals surface area contributed by atoms with E-state index in [2.05, 4.69) is 17.4 Å². The molecule has 0 heterocycles. The highest BCUT2D eigenvalue weighted by Crippen LogP contribution is 2.00. The van der Waals surface area contributed by atoms with Gasteiger partial charge in [0.2, 0.25) is 0 Å². The molecule has 1 amide bonds. The summed E-state index contributed by atoms with van der Waals surface area (Å²) in [5.41, 5.74) is -0.524. The van der Waals surface area contributed by atoms with Crippen LogP contribution < -0.4 is 5.32 Å². The van der Waals surface area contributed by atoms with Crippen LogP contribution in [0.2, 0.25) is 0 Å². The van der Waals surface area contributed by atoms with E-state index in [4.69, 9.17) is 32.8 Å². The number of alkyl halides is 2. The number of halogens is 2. The average Bonchev–Trinajstić information content (AvgIpc) is 2.31. The third-order valence-electron chi connectivity index (χ3n) is 1.90. The maximum absolute atomic E-state index is 11.2. The van der Waals surface area contributed by atoms with Crippen LogP contribution in [0.4, 0.5) is 4.79 Å². The molecule has 0 spiro atoms. The molecule has 0 radical (unpaired) electrons. The lowest BCUT2D eigenvalue weighted by Gasteiger charge is -2.08. The molecule has 18 heavy (non-hydrogen) atoms. The topological polar surface area (TPSA) is 59.9 Å². The first-order valence-corrected chi connectivity index (χ1v) is 6.94. The molecule has 5 nitrogen and oxygen atoms in total. The van der Waals surface area contributed by atoms with Gasteiger partial charge in [-0.15, -0.1) is 11.6 Å². The second-order valence-electron chi connectivity index (χ2n) is 3.66. The zero-order valence-corrected chi connectivity index (χ0v) is 12.3.